The lowest BCUT2D eigenvalue weighted by molar-refractivity contribution is 0.836. The molecule has 106 valence electrons. The van der Waals surface area contributed by atoms with Crippen molar-refractivity contribution in [3.63, 3.8) is 0 Å². The Morgan fingerprint density at radius 1 is 1.00 bits per heavy atom. The number of benzene rings is 2. The highest BCUT2D eigenvalue weighted by Crippen LogP contribution is 2.30. The molecule has 0 aliphatic rings. The Bertz CT molecular complexity index is 738. The van der Waals surface area contributed by atoms with Gasteiger partial charge in [0.15, 0.2) is 0 Å². The van der Waals surface area contributed by atoms with E-state index in [1.165, 1.54) is 11.3 Å². The molecule has 21 heavy (non-hydrogen) atoms. The number of nitrogen functional groups attached to an aromatic ring is 1. The summed E-state index contributed by atoms with van der Waals surface area (Å²) in [6.07, 6.45) is 1.79. The number of hydrogen-bond acceptors (Lipinski definition) is 3. The highest BCUT2D eigenvalue weighted by Gasteiger charge is 2.11. The zero-order valence-electron chi connectivity index (χ0n) is 12.2. The topological polar surface area (TPSA) is 42.1 Å². The van der Waals surface area contributed by atoms with E-state index in [9.17, 15) is 0 Å². The van der Waals surface area contributed by atoms with Crippen LogP contribution < -0.4 is 10.6 Å². The van der Waals surface area contributed by atoms with Crippen LogP contribution in [0.25, 0.3) is 10.9 Å². The van der Waals surface area contributed by atoms with E-state index >= 15 is 0 Å². The van der Waals surface area contributed by atoms with Gasteiger partial charge in [-0.1, -0.05) is 30.3 Å². The van der Waals surface area contributed by atoms with Crippen molar-refractivity contribution < 1.29 is 0 Å². The summed E-state index contributed by atoms with van der Waals surface area (Å²) >= 11 is 0. The molecule has 0 atom stereocenters. The van der Waals surface area contributed by atoms with Crippen LogP contribution in [0.1, 0.15) is 12.5 Å². The first-order valence-corrected chi connectivity index (χ1v) is 7.21. The van der Waals surface area contributed by atoms with Crippen LogP contribution in [0, 0.1) is 0 Å². The number of hydrogen-bond donors (Lipinski definition) is 1. The Morgan fingerprint density at radius 2 is 1.81 bits per heavy atom. The zero-order valence-corrected chi connectivity index (χ0v) is 12.2. The molecule has 1 aromatic heterocycles. The summed E-state index contributed by atoms with van der Waals surface area (Å²) in [4.78, 5) is 6.76. The standard InChI is InChI=1S/C18H19N3/c1-2-21(13-14-7-4-3-5-8-14)17-11-10-16(19)18-15(17)9-6-12-20-18/h3-12H,2,13,19H2,1H3. The van der Waals surface area contributed by atoms with Crippen LogP contribution in [0.3, 0.4) is 0 Å². The van der Waals surface area contributed by atoms with Crippen LogP contribution in [0.15, 0.2) is 60.8 Å². The van der Waals surface area contributed by atoms with Gasteiger partial charge in [0.2, 0.25) is 0 Å². The smallest absolute Gasteiger partial charge is 0.0951 e. The largest absolute Gasteiger partial charge is 0.397 e. The second kappa shape index (κ2) is 5.83. The molecule has 0 saturated heterocycles. The first kappa shape index (κ1) is 13.4. The van der Waals surface area contributed by atoms with Crippen LogP contribution in [0.2, 0.25) is 0 Å². The van der Waals surface area contributed by atoms with Crippen LogP contribution in [0.5, 0.6) is 0 Å². The van der Waals surface area contributed by atoms with E-state index in [4.69, 9.17) is 5.73 Å². The second-order valence-electron chi connectivity index (χ2n) is 5.07. The van der Waals surface area contributed by atoms with E-state index in [1.807, 2.05) is 18.2 Å². The van der Waals surface area contributed by atoms with Crippen molar-refractivity contribution in [2.75, 3.05) is 17.2 Å². The van der Waals surface area contributed by atoms with Crippen LogP contribution >= 0.6 is 0 Å². The molecule has 1 heterocycles. The highest BCUT2D eigenvalue weighted by atomic mass is 15.1. The van der Waals surface area contributed by atoms with E-state index in [0.29, 0.717) is 0 Å². The molecule has 0 saturated carbocycles. The van der Waals surface area contributed by atoms with Gasteiger partial charge in [-0.25, -0.2) is 0 Å². The number of aromatic nitrogens is 1. The van der Waals surface area contributed by atoms with Gasteiger partial charge in [0.1, 0.15) is 0 Å². The van der Waals surface area contributed by atoms with E-state index in [2.05, 4.69) is 53.2 Å². The summed E-state index contributed by atoms with van der Waals surface area (Å²) in [5.74, 6) is 0. The molecular formula is C18H19N3. The summed E-state index contributed by atoms with van der Waals surface area (Å²) in [5.41, 5.74) is 10.1. The van der Waals surface area contributed by atoms with E-state index in [0.717, 1.165) is 29.7 Å². The minimum Gasteiger partial charge on any atom is -0.397 e. The normalized spacial score (nSPS) is 10.7. The molecule has 3 aromatic rings. The average Bonchev–Trinajstić information content (AvgIpc) is 2.55. The average molecular weight is 277 g/mol. The van der Waals surface area contributed by atoms with Crippen molar-refractivity contribution in [2.45, 2.75) is 13.5 Å². The lowest BCUT2D eigenvalue weighted by Crippen LogP contribution is -2.22. The first-order chi connectivity index (χ1) is 10.3. The Balaban J connectivity index is 2.03. The maximum atomic E-state index is 6.04. The molecule has 0 radical (unpaired) electrons. The van der Waals surface area contributed by atoms with Crippen LogP contribution in [-0.2, 0) is 6.54 Å². The highest BCUT2D eigenvalue weighted by molar-refractivity contribution is 5.98. The minimum absolute atomic E-state index is 0.727. The third-order valence-electron chi connectivity index (χ3n) is 3.72. The van der Waals surface area contributed by atoms with Gasteiger partial charge < -0.3 is 10.6 Å². The zero-order chi connectivity index (χ0) is 14.7. The fraction of sp³-hybridized carbons (Fsp3) is 0.167. The molecule has 3 heteroatoms. The SMILES string of the molecule is CCN(Cc1ccccc1)c1ccc(N)c2ncccc12. The molecule has 3 nitrogen and oxygen atoms in total. The molecule has 2 aromatic carbocycles. The van der Waals surface area contributed by atoms with Crippen LogP contribution in [-0.4, -0.2) is 11.5 Å². The molecule has 0 aliphatic heterocycles. The maximum absolute atomic E-state index is 6.04. The van der Waals surface area contributed by atoms with Gasteiger partial charge in [-0.15, -0.1) is 0 Å². The molecule has 0 amide bonds. The number of fused-ring (bicyclic) bond motifs is 1. The predicted octanol–water partition coefficient (Wildman–Crippen LogP) is 3.84. The summed E-state index contributed by atoms with van der Waals surface area (Å²) in [6.45, 7) is 3.98. The van der Waals surface area contributed by atoms with Crippen molar-refractivity contribution in [1.82, 2.24) is 4.98 Å². The monoisotopic (exact) mass is 277 g/mol. The number of rotatable bonds is 4. The van der Waals surface area contributed by atoms with Crippen molar-refractivity contribution in [2.24, 2.45) is 0 Å². The van der Waals surface area contributed by atoms with Gasteiger partial charge in [0.25, 0.3) is 0 Å². The molecule has 0 spiro atoms. The molecule has 0 bridgehead atoms. The van der Waals surface area contributed by atoms with Crippen molar-refractivity contribution in [3.05, 3.63) is 66.4 Å². The number of nitrogens with two attached hydrogens (primary N) is 1. The van der Waals surface area contributed by atoms with Gasteiger partial charge in [-0.2, -0.15) is 0 Å². The third kappa shape index (κ3) is 2.68. The molecule has 3 rings (SSSR count). The number of nitrogens with zero attached hydrogens (tertiary/aromatic N) is 2. The van der Waals surface area contributed by atoms with Gasteiger partial charge in [-0.05, 0) is 36.8 Å². The molecule has 2 N–H and O–H groups in total. The Morgan fingerprint density at radius 3 is 2.57 bits per heavy atom. The summed E-state index contributed by atoms with van der Waals surface area (Å²) in [6, 6.07) is 18.6. The predicted molar refractivity (Wildman–Crippen MR) is 89.3 cm³/mol. The van der Waals surface area contributed by atoms with E-state index in [1.54, 1.807) is 6.20 Å². The number of pyridine rings is 1. The Labute approximate surface area is 125 Å². The van der Waals surface area contributed by atoms with Gasteiger partial charge >= 0.3 is 0 Å². The quantitative estimate of drug-likeness (QED) is 0.737. The summed E-state index contributed by atoms with van der Waals surface area (Å²) < 4.78 is 0. The van der Waals surface area contributed by atoms with E-state index in [-0.39, 0.29) is 0 Å². The summed E-state index contributed by atoms with van der Waals surface area (Å²) in [7, 11) is 0. The maximum Gasteiger partial charge on any atom is 0.0951 e. The fourth-order valence-electron chi connectivity index (χ4n) is 2.63. The molecule has 0 unspecified atom stereocenters. The molecule has 0 aliphatic carbocycles. The van der Waals surface area contributed by atoms with Crippen molar-refractivity contribution in [3.8, 4) is 0 Å². The molecular weight excluding hydrogens is 258 g/mol. The fourth-order valence-corrected chi connectivity index (χ4v) is 2.63. The van der Waals surface area contributed by atoms with E-state index < -0.39 is 0 Å². The van der Waals surface area contributed by atoms with Crippen LogP contribution in [0.4, 0.5) is 11.4 Å². The second-order valence-corrected chi connectivity index (χ2v) is 5.07. The lowest BCUT2D eigenvalue weighted by atomic mass is 10.1. The lowest BCUT2D eigenvalue weighted by Gasteiger charge is -2.25. The van der Waals surface area contributed by atoms with Crippen molar-refractivity contribution >= 4 is 22.3 Å². The summed E-state index contributed by atoms with van der Waals surface area (Å²) in [5, 5.41) is 1.11. The van der Waals surface area contributed by atoms with Gasteiger partial charge in [-0.3, -0.25) is 4.98 Å². The van der Waals surface area contributed by atoms with Crippen molar-refractivity contribution in [1.29, 1.82) is 0 Å². The van der Waals surface area contributed by atoms with Gasteiger partial charge in [0, 0.05) is 30.4 Å². The van der Waals surface area contributed by atoms with Gasteiger partial charge in [0.05, 0.1) is 11.2 Å². The number of anilines is 2. The third-order valence-corrected chi connectivity index (χ3v) is 3.72. The first-order valence-electron chi connectivity index (χ1n) is 7.21. The minimum atomic E-state index is 0.727. The Kier molecular flexibility index (Phi) is 3.73. The Hall–Kier alpha value is -2.55. The molecule has 0 fully saturated rings.